The van der Waals surface area contributed by atoms with Gasteiger partial charge < -0.3 is 9.83 Å². The van der Waals surface area contributed by atoms with E-state index in [4.69, 9.17) is 12.9 Å². The largest absolute Gasteiger partial charge is 0.437 e. The molecule has 60 valence electrons. The first-order valence-electron chi connectivity index (χ1n) is 4.27. The van der Waals surface area contributed by atoms with E-state index < -0.39 is 0 Å². The van der Waals surface area contributed by atoms with Crippen molar-refractivity contribution in [1.29, 1.82) is 0 Å². The number of rotatable bonds is 3. The molecule has 1 rings (SSSR count). The van der Waals surface area contributed by atoms with E-state index >= 15 is 0 Å². The standard InChI is InChI=1S/C7H15B2NO/c1-6(3-8)7-4-10(5-7)9(2)11/h6-7,11H,3-5H2,1-2H3. The molecular weight excluding hydrogens is 136 g/mol. The second kappa shape index (κ2) is 3.63. The lowest BCUT2D eigenvalue weighted by molar-refractivity contribution is 0.132. The summed E-state index contributed by atoms with van der Waals surface area (Å²) in [5.41, 5.74) is 0. The van der Waals surface area contributed by atoms with Crippen LogP contribution in [-0.4, -0.2) is 37.8 Å². The molecule has 0 aliphatic carbocycles. The molecule has 4 heteroatoms. The van der Waals surface area contributed by atoms with Crippen LogP contribution >= 0.6 is 0 Å². The van der Waals surface area contributed by atoms with E-state index in [0.717, 1.165) is 19.4 Å². The highest BCUT2D eigenvalue weighted by molar-refractivity contribution is 6.45. The molecule has 11 heavy (non-hydrogen) atoms. The second-order valence-electron chi connectivity index (χ2n) is 3.56. The maximum atomic E-state index is 9.14. The third-order valence-corrected chi connectivity index (χ3v) is 2.64. The zero-order valence-corrected chi connectivity index (χ0v) is 7.33. The summed E-state index contributed by atoms with van der Waals surface area (Å²) in [5, 5.41) is 9.14. The first kappa shape index (κ1) is 9.14. The summed E-state index contributed by atoms with van der Waals surface area (Å²) < 4.78 is 0. The summed E-state index contributed by atoms with van der Waals surface area (Å²) in [6, 6.07) is 0. The second-order valence-corrected chi connectivity index (χ2v) is 3.56. The highest BCUT2D eigenvalue weighted by Crippen LogP contribution is 2.25. The lowest BCUT2D eigenvalue weighted by Crippen LogP contribution is -2.55. The Labute approximate surface area is 70.5 Å². The fourth-order valence-corrected chi connectivity index (χ4v) is 1.41. The van der Waals surface area contributed by atoms with Crippen LogP contribution in [0.1, 0.15) is 6.92 Å². The Morgan fingerprint density at radius 3 is 2.64 bits per heavy atom. The van der Waals surface area contributed by atoms with Crippen LogP contribution in [0.3, 0.4) is 0 Å². The topological polar surface area (TPSA) is 23.5 Å². The quantitative estimate of drug-likeness (QED) is 0.584. The van der Waals surface area contributed by atoms with Gasteiger partial charge in [0.1, 0.15) is 0 Å². The summed E-state index contributed by atoms with van der Waals surface area (Å²) in [5.74, 6) is 1.31. The van der Waals surface area contributed by atoms with Gasteiger partial charge in [-0.25, -0.2) is 0 Å². The van der Waals surface area contributed by atoms with E-state index in [9.17, 15) is 0 Å². The highest BCUT2D eigenvalue weighted by atomic mass is 16.2. The average Bonchev–Trinajstić information content (AvgIpc) is 1.83. The van der Waals surface area contributed by atoms with Crippen molar-refractivity contribution in [3.63, 3.8) is 0 Å². The van der Waals surface area contributed by atoms with Gasteiger partial charge in [0, 0.05) is 0 Å². The maximum Gasteiger partial charge on any atom is 0.376 e. The Hall–Kier alpha value is 0.0499. The van der Waals surface area contributed by atoms with Crippen LogP contribution in [-0.2, 0) is 0 Å². The van der Waals surface area contributed by atoms with Crippen molar-refractivity contribution < 1.29 is 5.02 Å². The van der Waals surface area contributed by atoms with Crippen molar-refractivity contribution in [2.75, 3.05) is 13.1 Å². The first-order chi connectivity index (χ1) is 5.15. The fraction of sp³-hybridized carbons (Fsp3) is 1.00. The summed E-state index contributed by atoms with van der Waals surface area (Å²) in [6.07, 6.45) is 0.762. The molecule has 1 N–H and O–H groups in total. The number of hydrogen-bond acceptors (Lipinski definition) is 2. The Bertz CT molecular complexity index is 126. The Kier molecular flexibility index (Phi) is 3.02. The molecule has 1 unspecified atom stereocenters. The third-order valence-electron chi connectivity index (χ3n) is 2.64. The summed E-state index contributed by atoms with van der Waals surface area (Å²) in [4.78, 5) is 2.05. The third kappa shape index (κ3) is 2.00. The van der Waals surface area contributed by atoms with Crippen LogP contribution in [0.4, 0.5) is 0 Å². The van der Waals surface area contributed by atoms with Crippen molar-refractivity contribution in [2.24, 2.45) is 11.8 Å². The lowest BCUT2D eigenvalue weighted by atomic mass is 9.72. The van der Waals surface area contributed by atoms with Crippen LogP contribution in [0.5, 0.6) is 0 Å². The molecule has 1 saturated heterocycles. The average molecular weight is 151 g/mol. The molecule has 2 nitrogen and oxygen atoms in total. The Morgan fingerprint density at radius 1 is 1.73 bits per heavy atom. The van der Waals surface area contributed by atoms with Gasteiger partial charge in [-0.1, -0.05) is 13.2 Å². The summed E-state index contributed by atoms with van der Waals surface area (Å²) in [6.45, 7) is 6.00. The van der Waals surface area contributed by atoms with E-state index in [1.807, 2.05) is 6.82 Å². The van der Waals surface area contributed by atoms with Gasteiger partial charge in [0.05, 0.1) is 7.85 Å². The van der Waals surface area contributed by atoms with Crippen LogP contribution in [0, 0.1) is 11.8 Å². The molecule has 1 aliphatic rings. The van der Waals surface area contributed by atoms with Gasteiger partial charge in [-0.05, 0) is 31.7 Å². The zero-order valence-electron chi connectivity index (χ0n) is 7.33. The maximum absolute atomic E-state index is 9.14. The van der Waals surface area contributed by atoms with Gasteiger partial charge in [0.15, 0.2) is 0 Å². The van der Waals surface area contributed by atoms with E-state index in [1.165, 1.54) is 0 Å². The van der Waals surface area contributed by atoms with Crippen molar-refractivity contribution in [2.45, 2.75) is 20.1 Å². The van der Waals surface area contributed by atoms with Crippen LogP contribution in [0.15, 0.2) is 0 Å². The first-order valence-corrected chi connectivity index (χ1v) is 4.27. The normalized spacial score (nSPS) is 22.8. The summed E-state index contributed by atoms with van der Waals surface area (Å²) in [7, 11) is 5.24. The molecule has 0 aromatic rings. The van der Waals surface area contributed by atoms with E-state index in [0.29, 0.717) is 11.8 Å². The lowest BCUT2D eigenvalue weighted by Gasteiger charge is -2.43. The molecule has 0 amide bonds. The molecule has 1 atom stereocenters. The minimum Gasteiger partial charge on any atom is -0.437 e. The molecule has 0 bridgehead atoms. The van der Waals surface area contributed by atoms with Crippen LogP contribution < -0.4 is 0 Å². The van der Waals surface area contributed by atoms with Gasteiger partial charge in [0.25, 0.3) is 0 Å². The SMILES string of the molecule is [B]CC(C)C1CN(B(C)O)C1. The van der Waals surface area contributed by atoms with Crippen molar-refractivity contribution in [1.82, 2.24) is 4.81 Å². The Morgan fingerprint density at radius 2 is 2.27 bits per heavy atom. The van der Waals surface area contributed by atoms with E-state index in [1.54, 1.807) is 0 Å². The van der Waals surface area contributed by atoms with Gasteiger partial charge in [-0.15, -0.1) is 0 Å². The van der Waals surface area contributed by atoms with Crippen LogP contribution in [0.2, 0.25) is 13.1 Å². The van der Waals surface area contributed by atoms with Gasteiger partial charge in [-0.2, -0.15) is 0 Å². The predicted octanol–water partition coefficient (Wildman–Crippen LogP) is 0.251. The molecule has 0 spiro atoms. The van der Waals surface area contributed by atoms with Crippen molar-refractivity contribution in [3.05, 3.63) is 0 Å². The number of nitrogens with zero attached hydrogens (tertiary/aromatic N) is 1. The van der Waals surface area contributed by atoms with Gasteiger partial charge in [0.2, 0.25) is 0 Å². The van der Waals surface area contributed by atoms with Crippen molar-refractivity contribution in [3.8, 4) is 0 Å². The highest BCUT2D eigenvalue weighted by Gasteiger charge is 2.33. The fourth-order valence-electron chi connectivity index (χ4n) is 1.41. The Balaban J connectivity index is 2.18. The molecule has 1 aliphatic heterocycles. The minimum absolute atomic E-state index is 0.281. The monoisotopic (exact) mass is 151 g/mol. The van der Waals surface area contributed by atoms with E-state index in [2.05, 4.69) is 11.7 Å². The molecule has 1 heterocycles. The minimum atomic E-state index is -0.281. The molecular formula is C7H15B2NO. The van der Waals surface area contributed by atoms with Crippen molar-refractivity contribution >= 4 is 14.9 Å². The van der Waals surface area contributed by atoms with Gasteiger partial charge >= 0.3 is 7.05 Å². The van der Waals surface area contributed by atoms with Crippen LogP contribution in [0.25, 0.3) is 0 Å². The zero-order chi connectivity index (χ0) is 8.43. The van der Waals surface area contributed by atoms with Gasteiger partial charge in [-0.3, -0.25) is 0 Å². The smallest absolute Gasteiger partial charge is 0.376 e. The number of hydrogen-bond donors (Lipinski definition) is 1. The molecule has 0 aromatic heterocycles. The molecule has 1 fully saturated rings. The molecule has 0 aromatic carbocycles. The molecule has 2 radical (unpaired) electrons. The predicted molar refractivity (Wildman–Crippen MR) is 48.6 cm³/mol. The van der Waals surface area contributed by atoms with E-state index in [-0.39, 0.29) is 7.05 Å². The summed E-state index contributed by atoms with van der Waals surface area (Å²) >= 11 is 0. The molecule has 0 saturated carbocycles.